The lowest BCUT2D eigenvalue weighted by molar-refractivity contribution is 0.0943. The first-order chi connectivity index (χ1) is 10.4. The topological polar surface area (TPSA) is 64.4 Å². The predicted molar refractivity (Wildman–Crippen MR) is 84.3 cm³/mol. The molecule has 1 heterocycles. The molecule has 1 aromatic carbocycles. The number of aryl methyl sites for hydroxylation is 2. The van der Waals surface area contributed by atoms with Crippen LogP contribution in [0.2, 0.25) is 0 Å². The summed E-state index contributed by atoms with van der Waals surface area (Å²) in [5, 5.41) is 6.77. The van der Waals surface area contributed by atoms with E-state index in [1.54, 1.807) is 21.0 Å². The van der Waals surface area contributed by atoms with Gasteiger partial charge in [-0.3, -0.25) is 4.79 Å². The second-order valence-corrected chi connectivity index (χ2v) is 5.97. The number of carbonyl (C=O) groups excluding carboxylic acids is 1. The molecular weight excluding hydrogens is 280 g/mol. The molecular formula is C17H22N2O3. The van der Waals surface area contributed by atoms with Gasteiger partial charge < -0.3 is 14.6 Å². The van der Waals surface area contributed by atoms with Crippen molar-refractivity contribution in [2.45, 2.75) is 33.1 Å². The van der Waals surface area contributed by atoms with Crippen LogP contribution in [0.1, 0.15) is 41.2 Å². The molecule has 2 aromatic rings. The van der Waals surface area contributed by atoms with Crippen molar-refractivity contribution in [2.75, 3.05) is 13.7 Å². The van der Waals surface area contributed by atoms with E-state index >= 15 is 0 Å². The molecule has 0 saturated heterocycles. The van der Waals surface area contributed by atoms with Gasteiger partial charge in [-0.25, -0.2) is 0 Å². The molecule has 1 N–H and O–H groups in total. The number of aromatic nitrogens is 1. The SMILES string of the molecule is COc1ccccc1C(C)(C)CNC(=O)c1c(C)noc1C. The summed E-state index contributed by atoms with van der Waals surface area (Å²) < 4.78 is 10.4. The molecule has 0 spiro atoms. The number of nitrogens with zero attached hydrogens (tertiary/aromatic N) is 1. The number of benzene rings is 1. The molecule has 1 amide bonds. The number of amides is 1. The average molecular weight is 302 g/mol. The van der Waals surface area contributed by atoms with E-state index in [1.165, 1.54) is 0 Å². The normalized spacial score (nSPS) is 11.3. The Labute approximate surface area is 130 Å². The number of rotatable bonds is 5. The molecule has 0 saturated carbocycles. The second kappa shape index (κ2) is 6.22. The summed E-state index contributed by atoms with van der Waals surface area (Å²) >= 11 is 0. The van der Waals surface area contributed by atoms with E-state index in [-0.39, 0.29) is 11.3 Å². The lowest BCUT2D eigenvalue weighted by Crippen LogP contribution is -2.37. The average Bonchev–Trinajstić information content (AvgIpc) is 2.84. The van der Waals surface area contributed by atoms with Gasteiger partial charge in [0.2, 0.25) is 0 Å². The predicted octanol–water partition coefficient (Wildman–Crippen LogP) is 3.01. The molecule has 118 valence electrons. The lowest BCUT2D eigenvalue weighted by Gasteiger charge is -2.27. The smallest absolute Gasteiger partial charge is 0.256 e. The van der Waals surface area contributed by atoms with Crippen LogP contribution in [0.5, 0.6) is 5.75 Å². The molecule has 0 aliphatic rings. The van der Waals surface area contributed by atoms with E-state index in [9.17, 15) is 4.79 Å². The Bertz CT molecular complexity index is 655. The third-order valence-electron chi connectivity index (χ3n) is 3.79. The van der Waals surface area contributed by atoms with E-state index in [4.69, 9.17) is 9.26 Å². The molecule has 0 unspecified atom stereocenters. The number of methoxy groups -OCH3 is 1. The highest BCUT2D eigenvalue weighted by Crippen LogP contribution is 2.30. The fourth-order valence-electron chi connectivity index (χ4n) is 2.50. The Morgan fingerprint density at radius 3 is 2.59 bits per heavy atom. The van der Waals surface area contributed by atoms with Crippen LogP contribution >= 0.6 is 0 Å². The van der Waals surface area contributed by atoms with E-state index in [0.29, 0.717) is 23.6 Å². The molecule has 0 fully saturated rings. The maximum absolute atomic E-state index is 12.3. The number of para-hydroxylation sites is 1. The summed E-state index contributed by atoms with van der Waals surface area (Å²) in [6, 6.07) is 7.84. The zero-order valence-corrected chi connectivity index (χ0v) is 13.7. The lowest BCUT2D eigenvalue weighted by atomic mass is 9.84. The Morgan fingerprint density at radius 1 is 1.32 bits per heavy atom. The number of nitrogens with one attached hydrogen (secondary N) is 1. The van der Waals surface area contributed by atoms with Crippen LogP contribution in [0.25, 0.3) is 0 Å². The second-order valence-electron chi connectivity index (χ2n) is 5.97. The van der Waals surface area contributed by atoms with Gasteiger partial charge in [-0.2, -0.15) is 0 Å². The molecule has 0 atom stereocenters. The maximum atomic E-state index is 12.3. The summed E-state index contributed by atoms with van der Waals surface area (Å²) in [6.07, 6.45) is 0. The van der Waals surface area contributed by atoms with Crippen LogP contribution in [0, 0.1) is 13.8 Å². The van der Waals surface area contributed by atoms with Gasteiger partial charge in [-0.1, -0.05) is 37.2 Å². The summed E-state index contributed by atoms with van der Waals surface area (Å²) in [5.74, 6) is 1.18. The number of ether oxygens (including phenoxy) is 1. The van der Waals surface area contributed by atoms with Gasteiger partial charge in [-0.05, 0) is 19.9 Å². The van der Waals surface area contributed by atoms with E-state index in [1.807, 2.05) is 24.3 Å². The van der Waals surface area contributed by atoms with Crippen molar-refractivity contribution < 1.29 is 14.1 Å². The highest BCUT2D eigenvalue weighted by molar-refractivity contribution is 5.96. The number of hydrogen-bond donors (Lipinski definition) is 1. The Kier molecular flexibility index (Phi) is 4.54. The van der Waals surface area contributed by atoms with E-state index in [0.717, 1.165) is 11.3 Å². The molecule has 2 rings (SSSR count). The van der Waals surface area contributed by atoms with Gasteiger partial charge >= 0.3 is 0 Å². The monoisotopic (exact) mass is 302 g/mol. The van der Waals surface area contributed by atoms with Crippen molar-refractivity contribution in [3.63, 3.8) is 0 Å². The van der Waals surface area contributed by atoms with E-state index < -0.39 is 0 Å². The molecule has 5 nitrogen and oxygen atoms in total. The Hall–Kier alpha value is -2.30. The van der Waals surface area contributed by atoms with Crippen molar-refractivity contribution in [3.8, 4) is 5.75 Å². The van der Waals surface area contributed by atoms with Crippen LogP contribution in [0.4, 0.5) is 0 Å². The highest BCUT2D eigenvalue weighted by atomic mass is 16.5. The maximum Gasteiger partial charge on any atom is 0.256 e. The molecule has 0 aliphatic heterocycles. The summed E-state index contributed by atoms with van der Waals surface area (Å²) in [4.78, 5) is 12.3. The van der Waals surface area contributed by atoms with Gasteiger partial charge in [0.1, 0.15) is 17.1 Å². The minimum atomic E-state index is -0.263. The first kappa shape index (κ1) is 16.1. The fourth-order valence-corrected chi connectivity index (χ4v) is 2.50. The van der Waals surface area contributed by atoms with Gasteiger partial charge in [0.05, 0.1) is 12.8 Å². The Morgan fingerprint density at radius 2 is 2.00 bits per heavy atom. The van der Waals surface area contributed by atoms with Crippen LogP contribution < -0.4 is 10.1 Å². The van der Waals surface area contributed by atoms with Crippen LogP contribution in [-0.4, -0.2) is 24.7 Å². The number of hydrogen-bond acceptors (Lipinski definition) is 4. The summed E-state index contributed by atoms with van der Waals surface area (Å²) in [7, 11) is 1.65. The molecule has 5 heteroatoms. The van der Waals surface area contributed by atoms with Crippen molar-refractivity contribution in [1.29, 1.82) is 0 Å². The van der Waals surface area contributed by atoms with Crippen molar-refractivity contribution >= 4 is 5.91 Å². The van der Waals surface area contributed by atoms with Gasteiger partial charge in [0.15, 0.2) is 0 Å². The van der Waals surface area contributed by atoms with Crippen LogP contribution in [0.3, 0.4) is 0 Å². The molecule has 1 aromatic heterocycles. The first-order valence-corrected chi connectivity index (χ1v) is 7.21. The quantitative estimate of drug-likeness (QED) is 0.922. The largest absolute Gasteiger partial charge is 0.496 e. The molecule has 0 radical (unpaired) electrons. The van der Waals surface area contributed by atoms with Crippen LogP contribution in [0.15, 0.2) is 28.8 Å². The van der Waals surface area contributed by atoms with Crippen LogP contribution in [-0.2, 0) is 5.41 Å². The number of carbonyl (C=O) groups is 1. The zero-order chi connectivity index (χ0) is 16.3. The summed E-state index contributed by atoms with van der Waals surface area (Å²) in [6.45, 7) is 8.12. The summed E-state index contributed by atoms with van der Waals surface area (Å²) in [5.41, 5.74) is 1.90. The third-order valence-corrected chi connectivity index (χ3v) is 3.79. The fraction of sp³-hybridized carbons (Fsp3) is 0.412. The van der Waals surface area contributed by atoms with Gasteiger partial charge in [0.25, 0.3) is 5.91 Å². The highest BCUT2D eigenvalue weighted by Gasteiger charge is 2.26. The van der Waals surface area contributed by atoms with Crippen molar-refractivity contribution in [2.24, 2.45) is 0 Å². The minimum absolute atomic E-state index is 0.167. The Balaban J connectivity index is 2.14. The van der Waals surface area contributed by atoms with Gasteiger partial charge in [0, 0.05) is 17.5 Å². The third kappa shape index (κ3) is 3.13. The molecule has 22 heavy (non-hydrogen) atoms. The van der Waals surface area contributed by atoms with E-state index in [2.05, 4.69) is 24.3 Å². The standard InChI is InChI=1S/C17H22N2O3/c1-11-15(12(2)22-19-11)16(20)18-10-17(3,4)13-8-6-7-9-14(13)21-5/h6-9H,10H2,1-5H3,(H,18,20). The van der Waals surface area contributed by atoms with Crippen molar-refractivity contribution in [3.05, 3.63) is 46.8 Å². The van der Waals surface area contributed by atoms with Gasteiger partial charge in [-0.15, -0.1) is 0 Å². The molecule has 0 bridgehead atoms. The van der Waals surface area contributed by atoms with Crippen molar-refractivity contribution in [1.82, 2.24) is 10.5 Å². The molecule has 0 aliphatic carbocycles. The minimum Gasteiger partial charge on any atom is -0.496 e. The zero-order valence-electron chi connectivity index (χ0n) is 13.7. The first-order valence-electron chi connectivity index (χ1n) is 7.21.